The van der Waals surface area contributed by atoms with Gasteiger partial charge in [-0.2, -0.15) is 0 Å². The van der Waals surface area contributed by atoms with Crippen molar-refractivity contribution < 1.29 is 0 Å². The lowest BCUT2D eigenvalue weighted by Crippen LogP contribution is -2.02. The predicted molar refractivity (Wildman–Crippen MR) is 57.6 cm³/mol. The molecule has 1 nitrogen and oxygen atoms in total. The lowest BCUT2D eigenvalue weighted by Gasteiger charge is -2.18. The summed E-state index contributed by atoms with van der Waals surface area (Å²) in [5, 5.41) is 3.26. The number of allylic oxidation sites excluding steroid dienone is 2. The van der Waals surface area contributed by atoms with Crippen LogP contribution >= 0.6 is 0 Å². The van der Waals surface area contributed by atoms with Crippen LogP contribution in [0, 0.1) is 6.92 Å². The van der Waals surface area contributed by atoms with Gasteiger partial charge in [0, 0.05) is 17.5 Å². The molecule has 0 saturated heterocycles. The number of nitrogens with one attached hydrogen (secondary N) is 1. The van der Waals surface area contributed by atoms with E-state index >= 15 is 0 Å². The van der Waals surface area contributed by atoms with E-state index in [0.29, 0.717) is 0 Å². The van der Waals surface area contributed by atoms with Gasteiger partial charge in [-0.3, -0.25) is 0 Å². The summed E-state index contributed by atoms with van der Waals surface area (Å²) in [5.74, 6) is 0. The van der Waals surface area contributed by atoms with Crippen molar-refractivity contribution in [3.05, 3.63) is 47.7 Å². The minimum atomic E-state index is 1.12. The zero-order chi connectivity index (χ0) is 9.42. The average molecular weight is 171 g/mol. The summed E-state index contributed by atoms with van der Waals surface area (Å²) >= 11 is 0. The van der Waals surface area contributed by atoms with Crippen molar-refractivity contribution in [2.24, 2.45) is 0 Å². The zero-order valence-corrected chi connectivity index (χ0v) is 8.02. The third-order valence-corrected chi connectivity index (χ3v) is 2.42. The summed E-state index contributed by atoms with van der Waals surface area (Å²) in [6.45, 7) is 8.22. The molecule has 1 heterocycles. The highest BCUT2D eigenvalue weighted by molar-refractivity contribution is 5.87. The van der Waals surface area contributed by atoms with Crippen LogP contribution in [-0.2, 0) is 0 Å². The molecule has 1 aromatic carbocycles. The van der Waals surface area contributed by atoms with Gasteiger partial charge >= 0.3 is 0 Å². The predicted octanol–water partition coefficient (Wildman–Crippen LogP) is 3.34. The second-order valence-corrected chi connectivity index (χ2v) is 3.50. The molecule has 1 N–H and O–H groups in total. The molecule has 0 amide bonds. The first kappa shape index (κ1) is 8.11. The molecule has 0 atom stereocenters. The zero-order valence-electron chi connectivity index (χ0n) is 8.02. The van der Waals surface area contributed by atoms with Crippen LogP contribution in [0.15, 0.2) is 36.6 Å². The van der Waals surface area contributed by atoms with Gasteiger partial charge < -0.3 is 5.32 Å². The Morgan fingerprint density at radius 3 is 2.77 bits per heavy atom. The number of hydrogen-bond acceptors (Lipinski definition) is 1. The first-order valence-electron chi connectivity index (χ1n) is 4.42. The number of benzene rings is 1. The highest BCUT2D eigenvalue weighted by Crippen LogP contribution is 2.32. The Labute approximate surface area is 78.8 Å². The summed E-state index contributed by atoms with van der Waals surface area (Å²) in [6.07, 6.45) is 2.00. The van der Waals surface area contributed by atoms with Crippen molar-refractivity contribution in [3.63, 3.8) is 0 Å². The number of anilines is 1. The maximum Gasteiger partial charge on any atom is 0.0462 e. The fraction of sp³-hybridized carbons (Fsp3) is 0.167. The normalized spacial score (nSPS) is 14.6. The molecule has 1 aliphatic rings. The van der Waals surface area contributed by atoms with E-state index in [9.17, 15) is 0 Å². The largest absolute Gasteiger partial charge is 0.361 e. The number of rotatable bonds is 0. The molecular weight excluding hydrogens is 158 g/mol. The van der Waals surface area contributed by atoms with Gasteiger partial charge in [0.15, 0.2) is 0 Å². The standard InChI is InChI=1S/C12H13N/c1-8-4-5-11-10(3)9(2)7-13-12(11)6-8/h4-7,13H,3H2,1-2H3. The van der Waals surface area contributed by atoms with Gasteiger partial charge in [-0.05, 0) is 36.6 Å². The Morgan fingerprint density at radius 2 is 2.00 bits per heavy atom. The topological polar surface area (TPSA) is 12.0 Å². The van der Waals surface area contributed by atoms with Gasteiger partial charge in [0.05, 0.1) is 0 Å². The van der Waals surface area contributed by atoms with Gasteiger partial charge in [0.25, 0.3) is 0 Å². The molecule has 1 aromatic rings. The molecule has 0 fully saturated rings. The smallest absolute Gasteiger partial charge is 0.0462 e. The molecule has 0 unspecified atom stereocenters. The highest BCUT2D eigenvalue weighted by Gasteiger charge is 2.11. The Hall–Kier alpha value is -1.50. The summed E-state index contributed by atoms with van der Waals surface area (Å²) in [7, 11) is 0. The van der Waals surface area contributed by atoms with E-state index in [1.54, 1.807) is 0 Å². The van der Waals surface area contributed by atoms with Gasteiger partial charge in [0.2, 0.25) is 0 Å². The van der Waals surface area contributed by atoms with Crippen LogP contribution in [0.1, 0.15) is 18.1 Å². The van der Waals surface area contributed by atoms with E-state index in [4.69, 9.17) is 0 Å². The molecule has 0 spiro atoms. The SMILES string of the molecule is C=C1C(C)=CNc2cc(C)ccc21. The van der Waals surface area contributed by atoms with Crippen molar-refractivity contribution in [2.75, 3.05) is 5.32 Å². The van der Waals surface area contributed by atoms with Crippen LogP contribution < -0.4 is 5.32 Å². The molecule has 66 valence electrons. The minimum Gasteiger partial charge on any atom is -0.361 e. The second-order valence-electron chi connectivity index (χ2n) is 3.50. The van der Waals surface area contributed by atoms with Crippen molar-refractivity contribution in [1.29, 1.82) is 0 Å². The summed E-state index contributed by atoms with van der Waals surface area (Å²) in [6, 6.07) is 6.38. The first-order valence-corrected chi connectivity index (χ1v) is 4.42. The lowest BCUT2D eigenvalue weighted by atomic mass is 9.96. The molecule has 0 saturated carbocycles. The van der Waals surface area contributed by atoms with E-state index in [1.165, 1.54) is 16.7 Å². The molecule has 0 radical (unpaired) electrons. The van der Waals surface area contributed by atoms with Crippen LogP contribution in [0.4, 0.5) is 5.69 Å². The lowest BCUT2D eigenvalue weighted by molar-refractivity contribution is 1.37. The maximum atomic E-state index is 4.06. The van der Waals surface area contributed by atoms with Crippen molar-refractivity contribution in [2.45, 2.75) is 13.8 Å². The first-order chi connectivity index (χ1) is 6.18. The average Bonchev–Trinajstić information content (AvgIpc) is 2.12. The molecule has 1 heteroatoms. The highest BCUT2D eigenvalue weighted by atomic mass is 14.9. The van der Waals surface area contributed by atoms with Crippen molar-refractivity contribution in [1.82, 2.24) is 0 Å². The summed E-state index contributed by atoms with van der Waals surface area (Å²) < 4.78 is 0. The Kier molecular flexibility index (Phi) is 1.73. The monoisotopic (exact) mass is 171 g/mol. The molecule has 0 bridgehead atoms. The Bertz CT molecular complexity index is 400. The molecule has 0 aromatic heterocycles. The molecule has 2 rings (SSSR count). The van der Waals surface area contributed by atoms with E-state index < -0.39 is 0 Å². The molecule has 13 heavy (non-hydrogen) atoms. The van der Waals surface area contributed by atoms with Crippen molar-refractivity contribution in [3.8, 4) is 0 Å². The van der Waals surface area contributed by atoms with E-state index in [0.717, 1.165) is 11.3 Å². The number of hydrogen-bond donors (Lipinski definition) is 1. The molecule has 1 aliphatic heterocycles. The Morgan fingerprint density at radius 1 is 1.23 bits per heavy atom. The van der Waals surface area contributed by atoms with Crippen molar-refractivity contribution >= 4 is 11.3 Å². The van der Waals surface area contributed by atoms with Gasteiger partial charge in [-0.15, -0.1) is 0 Å². The summed E-state index contributed by atoms with van der Waals surface area (Å²) in [4.78, 5) is 0. The Balaban J connectivity index is 2.56. The fourth-order valence-corrected chi connectivity index (χ4v) is 1.53. The summed E-state index contributed by atoms with van der Waals surface area (Å²) in [5.41, 5.74) is 5.97. The van der Waals surface area contributed by atoms with Gasteiger partial charge in [-0.25, -0.2) is 0 Å². The molecular formula is C12H13N. The number of aryl methyl sites for hydroxylation is 1. The third-order valence-electron chi connectivity index (χ3n) is 2.42. The fourth-order valence-electron chi connectivity index (χ4n) is 1.53. The number of fused-ring (bicyclic) bond motifs is 1. The van der Waals surface area contributed by atoms with Crippen LogP contribution in [0.5, 0.6) is 0 Å². The van der Waals surface area contributed by atoms with E-state index in [1.807, 2.05) is 6.20 Å². The van der Waals surface area contributed by atoms with Crippen LogP contribution in [0.25, 0.3) is 5.57 Å². The minimum absolute atomic E-state index is 1.12. The maximum absolute atomic E-state index is 4.06. The van der Waals surface area contributed by atoms with Gasteiger partial charge in [0.1, 0.15) is 0 Å². The van der Waals surface area contributed by atoms with E-state index in [-0.39, 0.29) is 0 Å². The van der Waals surface area contributed by atoms with Crippen LogP contribution in [0.3, 0.4) is 0 Å². The third kappa shape index (κ3) is 1.26. The van der Waals surface area contributed by atoms with Crippen LogP contribution in [0.2, 0.25) is 0 Å². The molecule has 0 aliphatic carbocycles. The quantitative estimate of drug-likeness (QED) is 0.631. The second kappa shape index (κ2) is 2.77. The van der Waals surface area contributed by atoms with Gasteiger partial charge in [-0.1, -0.05) is 18.7 Å². The van der Waals surface area contributed by atoms with E-state index in [2.05, 4.69) is 43.9 Å². The van der Waals surface area contributed by atoms with Crippen LogP contribution in [-0.4, -0.2) is 0 Å².